The maximum absolute atomic E-state index is 12.5. The van der Waals surface area contributed by atoms with Gasteiger partial charge in [0.25, 0.3) is 0 Å². The fourth-order valence-corrected chi connectivity index (χ4v) is 7.74. The van der Waals surface area contributed by atoms with Crippen molar-refractivity contribution in [1.82, 2.24) is 0 Å². The quantitative estimate of drug-likeness (QED) is 0.104. The highest BCUT2D eigenvalue weighted by molar-refractivity contribution is 6.74. The van der Waals surface area contributed by atoms with Gasteiger partial charge < -0.3 is 33.2 Å². The van der Waals surface area contributed by atoms with Crippen molar-refractivity contribution in [3.63, 3.8) is 0 Å². The zero-order chi connectivity index (χ0) is 39.8. The summed E-state index contributed by atoms with van der Waals surface area (Å²) in [7, 11) is -2.47. The van der Waals surface area contributed by atoms with E-state index in [1.54, 1.807) is 0 Å². The van der Waals surface area contributed by atoms with E-state index in [0.29, 0.717) is 60.7 Å². The van der Waals surface area contributed by atoms with E-state index in [1.165, 1.54) is 0 Å². The molecule has 1 aliphatic heterocycles. The van der Waals surface area contributed by atoms with Crippen LogP contribution in [0.4, 0.5) is 0 Å². The van der Waals surface area contributed by atoms with Gasteiger partial charge in [-0.3, -0.25) is 0 Å². The van der Waals surface area contributed by atoms with Gasteiger partial charge in [0.2, 0.25) is 0 Å². The van der Waals surface area contributed by atoms with E-state index in [9.17, 15) is 5.11 Å². The first-order chi connectivity index (χ1) is 27.5. The molecule has 294 valence electrons. The molecule has 0 aliphatic carbocycles. The molecule has 0 unspecified atom stereocenters. The average Bonchev–Trinajstić information content (AvgIpc) is 3.23. The van der Waals surface area contributed by atoms with Crippen LogP contribution >= 0.6 is 0 Å². The molecule has 0 amide bonds. The predicted molar refractivity (Wildman–Crippen MR) is 226 cm³/mol. The Bertz CT molecular complexity index is 2190. The second-order valence-electron chi connectivity index (χ2n) is 16.0. The number of ether oxygens (including phenoxy) is 5. The minimum Gasteiger partial charge on any atom is -0.489 e. The van der Waals surface area contributed by atoms with E-state index < -0.39 is 26.6 Å². The van der Waals surface area contributed by atoms with E-state index in [4.69, 9.17) is 28.1 Å². The van der Waals surface area contributed by atoms with Crippen LogP contribution in [0.1, 0.15) is 66.4 Å². The molecule has 3 atom stereocenters. The molecule has 7 nitrogen and oxygen atoms in total. The van der Waals surface area contributed by atoms with Gasteiger partial charge in [-0.25, -0.2) is 0 Å². The fourth-order valence-electron chi connectivity index (χ4n) is 6.45. The second kappa shape index (κ2) is 17.7. The van der Waals surface area contributed by atoms with E-state index in [-0.39, 0.29) is 5.04 Å². The van der Waals surface area contributed by atoms with E-state index in [2.05, 4.69) is 33.9 Å². The molecule has 0 saturated carbocycles. The standard InChI is InChI=1S/C49H52O7Si/c1-49(2,3)57(4,5)56-48-45(50)41-29-40(51-31-35-18-10-6-11-19-35)30-44(54-34-38-24-16-9-17-25-38)47(41)55-46(48)39-26-27-42(52-32-36-20-12-7-13-21-36)43(28-39)53-33-37-22-14-8-15-23-37/h6-30,45-46,48,50H,31-34H2,1-5H3/t45-,46+,48-/m0/s1. The first kappa shape index (κ1) is 39.7. The molecule has 0 aromatic heterocycles. The first-order valence-corrected chi connectivity index (χ1v) is 22.5. The molecule has 0 spiro atoms. The summed E-state index contributed by atoms with van der Waals surface area (Å²) in [5, 5.41) is 12.4. The van der Waals surface area contributed by atoms with Crippen LogP contribution in [0.15, 0.2) is 152 Å². The smallest absolute Gasteiger partial charge is 0.192 e. The molecule has 1 N–H and O–H groups in total. The molecule has 0 saturated heterocycles. The largest absolute Gasteiger partial charge is 0.489 e. The first-order valence-electron chi connectivity index (χ1n) is 19.6. The van der Waals surface area contributed by atoms with Crippen LogP contribution in [-0.2, 0) is 30.9 Å². The maximum Gasteiger partial charge on any atom is 0.192 e. The number of hydrogen-bond acceptors (Lipinski definition) is 7. The third-order valence-corrected chi connectivity index (χ3v) is 15.2. The van der Waals surface area contributed by atoms with Crippen LogP contribution < -0.4 is 23.7 Å². The summed E-state index contributed by atoms with van der Waals surface area (Å²) < 4.78 is 39.9. The second-order valence-corrected chi connectivity index (χ2v) is 20.7. The third kappa shape index (κ3) is 9.89. The summed E-state index contributed by atoms with van der Waals surface area (Å²) in [6.07, 6.45) is -2.56. The van der Waals surface area contributed by atoms with Crippen molar-refractivity contribution in [3.8, 4) is 28.7 Å². The summed E-state index contributed by atoms with van der Waals surface area (Å²) in [6, 6.07) is 49.6. The summed E-state index contributed by atoms with van der Waals surface area (Å²) in [5.41, 5.74) is 5.42. The zero-order valence-electron chi connectivity index (χ0n) is 33.4. The summed E-state index contributed by atoms with van der Waals surface area (Å²) in [5.74, 6) is 2.64. The van der Waals surface area contributed by atoms with Crippen LogP contribution in [0, 0.1) is 0 Å². The highest BCUT2D eigenvalue weighted by Gasteiger charge is 2.47. The number of fused-ring (bicyclic) bond motifs is 1. The summed E-state index contributed by atoms with van der Waals surface area (Å²) in [6.45, 7) is 12.3. The van der Waals surface area contributed by atoms with Gasteiger partial charge in [-0.1, -0.05) is 148 Å². The Hall–Kier alpha value is -5.54. The van der Waals surface area contributed by atoms with Crippen LogP contribution in [0.2, 0.25) is 18.1 Å². The number of rotatable bonds is 15. The molecule has 6 aromatic rings. The SMILES string of the molecule is CC(C)(C)[Si](C)(C)O[C@@H]1[C@@H](c2ccc(OCc3ccccc3)c(OCc3ccccc3)c2)Oc2c(OCc3ccccc3)cc(OCc3ccccc3)cc2[C@@H]1O. The van der Waals surface area contributed by atoms with E-state index in [1.807, 2.05) is 152 Å². The lowest BCUT2D eigenvalue weighted by Gasteiger charge is -2.45. The van der Waals surface area contributed by atoms with Gasteiger partial charge in [-0.05, 0) is 64.1 Å². The van der Waals surface area contributed by atoms with Crippen molar-refractivity contribution in [2.75, 3.05) is 0 Å². The van der Waals surface area contributed by atoms with Crippen molar-refractivity contribution in [2.24, 2.45) is 0 Å². The third-order valence-electron chi connectivity index (χ3n) is 10.7. The number of benzene rings is 6. The topological polar surface area (TPSA) is 75.6 Å². The molecular formula is C49H52O7Si. The highest BCUT2D eigenvalue weighted by atomic mass is 28.4. The van der Waals surface area contributed by atoms with Gasteiger partial charge >= 0.3 is 0 Å². The predicted octanol–water partition coefficient (Wildman–Crippen LogP) is 11.6. The van der Waals surface area contributed by atoms with Gasteiger partial charge in [0, 0.05) is 11.6 Å². The molecule has 0 bridgehead atoms. The molecule has 0 radical (unpaired) electrons. The molecule has 6 aromatic carbocycles. The van der Waals surface area contributed by atoms with Crippen LogP contribution in [0.25, 0.3) is 0 Å². The Morgan fingerprint density at radius 3 is 1.49 bits per heavy atom. The molecule has 1 heterocycles. The molecule has 0 fully saturated rings. The van der Waals surface area contributed by atoms with Crippen molar-refractivity contribution in [3.05, 3.63) is 185 Å². The Labute approximate surface area is 337 Å². The van der Waals surface area contributed by atoms with Gasteiger partial charge in [0.1, 0.15) is 44.4 Å². The van der Waals surface area contributed by atoms with E-state index in [0.717, 1.165) is 27.8 Å². The Morgan fingerprint density at radius 1 is 0.544 bits per heavy atom. The minimum atomic E-state index is -2.47. The van der Waals surface area contributed by atoms with Crippen molar-refractivity contribution < 1.29 is 33.2 Å². The molecular weight excluding hydrogens is 729 g/mol. The van der Waals surface area contributed by atoms with Gasteiger partial charge in [-0.2, -0.15) is 0 Å². The molecule has 7 rings (SSSR count). The van der Waals surface area contributed by atoms with Crippen molar-refractivity contribution >= 4 is 8.32 Å². The monoisotopic (exact) mass is 780 g/mol. The average molecular weight is 781 g/mol. The number of aliphatic hydroxyl groups excluding tert-OH is 1. The molecule has 57 heavy (non-hydrogen) atoms. The molecule has 1 aliphatic rings. The molecule has 8 heteroatoms. The number of aliphatic hydroxyl groups is 1. The normalized spacial score (nSPS) is 16.6. The van der Waals surface area contributed by atoms with Crippen molar-refractivity contribution in [2.45, 2.75) is 83.6 Å². The van der Waals surface area contributed by atoms with Gasteiger partial charge in [0.05, 0.1) is 0 Å². The van der Waals surface area contributed by atoms with Gasteiger partial charge in [-0.15, -0.1) is 0 Å². The summed E-state index contributed by atoms with van der Waals surface area (Å²) >= 11 is 0. The van der Waals surface area contributed by atoms with Crippen LogP contribution in [0.5, 0.6) is 28.7 Å². The fraction of sp³-hybridized carbons (Fsp3) is 0.265. The Balaban J connectivity index is 1.28. The summed E-state index contributed by atoms with van der Waals surface area (Å²) in [4.78, 5) is 0. The van der Waals surface area contributed by atoms with Crippen molar-refractivity contribution in [1.29, 1.82) is 0 Å². The Morgan fingerprint density at radius 2 is 1.00 bits per heavy atom. The zero-order valence-corrected chi connectivity index (χ0v) is 34.4. The highest BCUT2D eigenvalue weighted by Crippen LogP contribution is 2.52. The lowest BCUT2D eigenvalue weighted by atomic mass is 9.91. The van der Waals surface area contributed by atoms with E-state index >= 15 is 0 Å². The van der Waals surface area contributed by atoms with Crippen LogP contribution in [0.3, 0.4) is 0 Å². The Kier molecular flexibility index (Phi) is 12.3. The minimum absolute atomic E-state index is 0.138. The number of hydrogen-bond donors (Lipinski definition) is 1. The maximum atomic E-state index is 12.5. The van der Waals surface area contributed by atoms with Gasteiger partial charge in [0.15, 0.2) is 37.4 Å². The van der Waals surface area contributed by atoms with Crippen LogP contribution in [-0.4, -0.2) is 19.5 Å². The lowest BCUT2D eigenvalue weighted by molar-refractivity contribution is -0.0635. The lowest BCUT2D eigenvalue weighted by Crippen LogP contribution is -2.49.